The Bertz CT molecular complexity index is 768. The Morgan fingerprint density at radius 1 is 1.26 bits per heavy atom. The molecule has 2 aromatic rings. The van der Waals surface area contributed by atoms with Gasteiger partial charge in [0.15, 0.2) is 0 Å². The molecule has 5 heteroatoms. The number of hydrogen-bond acceptors (Lipinski definition) is 3. The second-order valence-electron chi connectivity index (χ2n) is 6.66. The summed E-state index contributed by atoms with van der Waals surface area (Å²) >= 11 is 0. The fourth-order valence-corrected chi connectivity index (χ4v) is 3.50. The first kappa shape index (κ1) is 15.7. The molecule has 0 aliphatic heterocycles. The molecule has 1 aromatic carbocycles. The van der Waals surface area contributed by atoms with Gasteiger partial charge in [-0.15, -0.1) is 0 Å². The third-order valence-electron chi connectivity index (χ3n) is 5.16. The van der Waals surface area contributed by atoms with Gasteiger partial charge in [0.2, 0.25) is 5.91 Å². The van der Waals surface area contributed by atoms with E-state index in [1.165, 1.54) is 6.42 Å². The lowest BCUT2D eigenvalue weighted by molar-refractivity contribution is -0.121. The van der Waals surface area contributed by atoms with E-state index in [1.807, 2.05) is 18.2 Å². The number of carbonyl (C=O) groups excluding carboxylic acids is 1. The summed E-state index contributed by atoms with van der Waals surface area (Å²) in [5, 5.41) is 11.0. The number of aromatic amines is 1. The number of aromatic nitrogens is 2. The first-order valence-electron chi connectivity index (χ1n) is 8.32. The van der Waals surface area contributed by atoms with Gasteiger partial charge in [0.05, 0.1) is 17.5 Å². The number of carbonyl (C=O) groups is 1. The van der Waals surface area contributed by atoms with Crippen molar-refractivity contribution in [1.82, 2.24) is 15.5 Å². The molecule has 0 unspecified atom stereocenters. The lowest BCUT2D eigenvalue weighted by Gasteiger charge is -2.34. The van der Waals surface area contributed by atoms with Crippen molar-refractivity contribution in [3.05, 3.63) is 40.3 Å². The van der Waals surface area contributed by atoms with Gasteiger partial charge in [-0.1, -0.05) is 44.9 Å². The van der Waals surface area contributed by atoms with E-state index in [1.54, 1.807) is 6.07 Å². The molecule has 1 fully saturated rings. The van der Waals surface area contributed by atoms with E-state index in [9.17, 15) is 9.59 Å². The maximum absolute atomic E-state index is 12.4. The SMILES string of the molecule is C[C@H]1[C@H](C)CCC[C@@H]1NC(=O)Cc1n[nH]c(=O)c2ccccc12. The number of nitrogens with zero attached hydrogens (tertiary/aromatic N) is 1. The van der Waals surface area contributed by atoms with Crippen LogP contribution < -0.4 is 10.9 Å². The highest BCUT2D eigenvalue weighted by atomic mass is 16.1. The molecule has 1 heterocycles. The van der Waals surface area contributed by atoms with Gasteiger partial charge in [0, 0.05) is 11.4 Å². The van der Waals surface area contributed by atoms with Gasteiger partial charge in [-0.25, -0.2) is 5.10 Å². The van der Waals surface area contributed by atoms with E-state index in [-0.39, 0.29) is 23.9 Å². The topological polar surface area (TPSA) is 74.8 Å². The number of rotatable bonds is 3. The van der Waals surface area contributed by atoms with Crippen LogP contribution in [0.4, 0.5) is 0 Å². The maximum atomic E-state index is 12.4. The molecule has 3 rings (SSSR count). The first-order valence-corrected chi connectivity index (χ1v) is 8.32. The third kappa shape index (κ3) is 3.28. The lowest BCUT2D eigenvalue weighted by Crippen LogP contribution is -2.44. The van der Waals surface area contributed by atoms with Crippen LogP contribution in [0.3, 0.4) is 0 Å². The number of H-pyrrole nitrogens is 1. The molecule has 0 spiro atoms. The van der Waals surface area contributed by atoms with Crippen LogP contribution in [0, 0.1) is 11.8 Å². The molecular weight excluding hydrogens is 290 g/mol. The molecule has 1 amide bonds. The zero-order chi connectivity index (χ0) is 16.4. The summed E-state index contributed by atoms with van der Waals surface area (Å²) in [6, 6.07) is 7.50. The summed E-state index contributed by atoms with van der Waals surface area (Å²) in [5.74, 6) is 1.11. The van der Waals surface area contributed by atoms with Crippen LogP contribution in [0.5, 0.6) is 0 Å². The van der Waals surface area contributed by atoms with Gasteiger partial charge in [0.1, 0.15) is 0 Å². The molecule has 0 radical (unpaired) electrons. The van der Waals surface area contributed by atoms with Crippen molar-refractivity contribution in [3.63, 3.8) is 0 Å². The first-order chi connectivity index (χ1) is 11.1. The van der Waals surface area contributed by atoms with E-state index < -0.39 is 0 Å². The smallest absolute Gasteiger partial charge is 0.272 e. The van der Waals surface area contributed by atoms with E-state index in [0.29, 0.717) is 22.9 Å². The average Bonchev–Trinajstić information content (AvgIpc) is 2.55. The summed E-state index contributed by atoms with van der Waals surface area (Å²) in [6.07, 6.45) is 3.63. The van der Waals surface area contributed by atoms with E-state index >= 15 is 0 Å². The van der Waals surface area contributed by atoms with Crippen molar-refractivity contribution in [2.75, 3.05) is 0 Å². The van der Waals surface area contributed by atoms with E-state index in [4.69, 9.17) is 0 Å². The van der Waals surface area contributed by atoms with Gasteiger partial charge in [-0.3, -0.25) is 9.59 Å². The Kier molecular flexibility index (Phi) is 4.46. The van der Waals surface area contributed by atoms with Gasteiger partial charge < -0.3 is 5.32 Å². The molecule has 23 heavy (non-hydrogen) atoms. The Morgan fingerprint density at radius 3 is 2.78 bits per heavy atom. The molecular formula is C18H23N3O2. The van der Waals surface area contributed by atoms with Crippen molar-refractivity contribution in [3.8, 4) is 0 Å². The number of amides is 1. The van der Waals surface area contributed by atoms with Crippen LogP contribution >= 0.6 is 0 Å². The summed E-state index contributed by atoms with van der Waals surface area (Å²) in [7, 11) is 0. The maximum Gasteiger partial charge on any atom is 0.272 e. The van der Waals surface area contributed by atoms with Crippen LogP contribution in [0.25, 0.3) is 10.8 Å². The van der Waals surface area contributed by atoms with Crippen molar-refractivity contribution in [2.45, 2.75) is 45.6 Å². The number of nitrogens with one attached hydrogen (secondary N) is 2. The van der Waals surface area contributed by atoms with E-state index in [0.717, 1.165) is 18.2 Å². The van der Waals surface area contributed by atoms with E-state index in [2.05, 4.69) is 29.4 Å². The number of hydrogen-bond donors (Lipinski definition) is 2. The van der Waals surface area contributed by atoms with Crippen molar-refractivity contribution in [1.29, 1.82) is 0 Å². The largest absolute Gasteiger partial charge is 0.353 e. The zero-order valence-corrected chi connectivity index (χ0v) is 13.6. The second kappa shape index (κ2) is 6.52. The van der Waals surface area contributed by atoms with Crippen LogP contribution in [0.15, 0.2) is 29.1 Å². The highest BCUT2D eigenvalue weighted by Crippen LogP contribution is 2.29. The van der Waals surface area contributed by atoms with Gasteiger partial charge in [0.25, 0.3) is 5.56 Å². The molecule has 3 atom stereocenters. The summed E-state index contributed by atoms with van der Waals surface area (Å²) in [5.41, 5.74) is 0.397. The molecule has 122 valence electrons. The third-order valence-corrected chi connectivity index (χ3v) is 5.16. The Morgan fingerprint density at radius 2 is 2.00 bits per heavy atom. The molecule has 0 saturated heterocycles. The van der Waals surface area contributed by atoms with Crippen molar-refractivity contribution < 1.29 is 4.79 Å². The zero-order valence-electron chi connectivity index (χ0n) is 13.6. The predicted octanol–water partition coefficient (Wildman–Crippen LogP) is 2.41. The monoisotopic (exact) mass is 313 g/mol. The molecule has 1 aliphatic carbocycles. The Balaban J connectivity index is 1.76. The quantitative estimate of drug-likeness (QED) is 0.913. The normalized spacial score (nSPS) is 24.5. The van der Waals surface area contributed by atoms with Crippen LogP contribution in [0.2, 0.25) is 0 Å². The minimum atomic E-state index is -0.223. The van der Waals surface area contributed by atoms with Gasteiger partial charge in [-0.2, -0.15) is 5.10 Å². The lowest BCUT2D eigenvalue weighted by atomic mass is 9.78. The minimum Gasteiger partial charge on any atom is -0.353 e. The Hall–Kier alpha value is -2.17. The molecule has 2 N–H and O–H groups in total. The minimum absolute atomic E-state index is 0.0272. The van der Waals surface area contributed by atoms with Gasteiger partial charge >= 0.3 is 0 Å². The van der Waals surface area contributed by atoms with Crippen LogP contribution in [-0.2, 0) is 11.2 Å². The molecule has 5 nitrogen and oxygen atoms in total. The van der Waals surface area contributed by atoms with Crippen LogP contribution in [-0.4, -0.2) is 22.1 Å². The molecule has 0 bridgehead atoms. The number of fused-ring (bicyclic) bond motifs is 1. The van der Waals surface area contributed by atoms with Crippen molar-refractivity contribution >= 4 is 16.7 Å². The van der Waals surface area contributed by atoms with Crippen molar-refractivity contribution in [2.24, 2.45) is 11.8 Å². The highest BCUT2D eigenvalue weighted by molar-refractivity contribution is 5.88. The molecule has 1 aliphatic rings. The number of benzene rings is 1. The highest BCUT2D eigenvalue weighted by Gasteiger charge is 2.28. The fraction of sp³-hybridized carbons (Fsp3) is 0.500. The second-order valence-corrected chi connectivity index (χ2v) is 6.66. The summed E-state index contributed by atoms with van der Waals surface area (Å²) in [4.78, 5) is 24.2. The average molecular weight is 313 g/mol. The molecule has 1 aromatic heterocycles. The fourth-order valence-electron chi connectivity index (χ4n) is 3.50. The summed E-state index contributed by atoms with van der Waals surface area (Å²) in [6.45, 7) is 4.46. The Labute approximate surface area is 135 Å². The van der Waals surface area contributed by atoms with Gasteiger partial charge in [-0.05, 0) is 24.3 Å². The summed E-state index contributed by atoms with van der Waals surface area (Å²) < 4.78 is 0. The molecule has 1 saturated carbocycles. The predicted molar refractivity (Wildman–Crippen MR) is 90.2 cm³/mol. The standard InChI is InChI=1S/C18H23N3O2/c1-11-6-5-9-15(12(11)2)19-17(22)10-16-13-7-3-4-8-14(13)18(23)21-20-16/h3-4,7-8,11-12,15H,5-6,9-10H2,1-2H3,(H,19,22)(H,21,23)/t11-,12+,15+/m1/s1. The van der Waals surface area contributed by atoms with Crippen LogP contribution in [0.1, 0.15) is 38.8 Å².